The number of nitrogens with zero attached hydrogens (tertiary/aromatic N) is 1. The SMILES string of the molecule is Cc1noc(C)c1CCNC(=O)C[C@@H]1CCC[C@H]1N.Cl. The van der Waals surface area contributed by atoms with Crippen LogP contribution in [0.3, 0.4) is 0 Å². The summed E-state index contributed by atoms with van der Waals surface area (Å²) in [5, 5.41) is 6.86. The fourth-order valence-corrected chi connectivity index (χ4v) is 2.81. The van der Waals surface area contributed by atoms with Crippen LogP contribution in [0.1, 0.15) is 42.7 Å². The van der Waals surface area contributed by atoms with Gasteiger partial charge in [0.15, 0.2) is 0 Å². The molecule has 2 rings (SSSR count). The maximum Gasteiger partial charge on any atom is 0.220 e. The summed E-state index contributed by atoms with van der Waals surface area (Å²) in [5.41, 5.74) is 7.97. The van der Waals surface area contributed by atoms with Crippen LogP contribution in [0.5, 0.6) is 0 Å². The second kappa shape index (κ2) is 7.64. The van der Waals surface area contributed by atoms with Crippen molar-refractivity contribution >= 4 is 18.3 Å². The van der Waals surface area contributed by atoms with Gasteiger partial charge in [-0.25, -0.2) is 0 Å². The lowest BCUT2D eigenvalue weighted by Gasteiger charge is -2.14. The average molecular weight is 302 g/mol. The van der Waals surface area contributed by atoms with E-state index in [2.05, 4.69) is 10.5 Å². The Morgan fingerprint density at radius 1 is 1.45 bits per heavy atom. The van der Waals surface area contributed by atoms with Crippen molar-refractivity contribution in [2.24, 2.45) is 11.7 Å². The molecule has 1 heterocycles. The lowest BCUT2D eigenvalue weighted by atomic mass is 10.00. The second-order valence-corrected chi connectivity index (χ2v) is 5.46. The topological polar surface area (TPSA) is 81.2 Å². The summed E-state index contributed by atoms with van der Waals surface area (Å²) in [7, 11) is 0. The van der Waals surface area contributed by atoms with E-state index in [0.29, 0.717) is 18.9 Å². The fourth-order valence-electron chi connectivity index (χ4n) is 2.81. The van der Waals surface area contributed by atoms with Crippen molar-refractivity contribution in [2.75, 3.05) is 6.54 Å². The Kier molecular flexibility index (Phi) is 6.49. The minimum atomic E-state index is 0. The molecule has 20 heavy (non-hydrogen) atoms. The fraction of sp³-hybridized carbons (Fsp3) is 0.714. The average Bonchev–Trinajstić information content (AvgIpc) is 2.90. The predicted molar refractivity (Wildman–Crippen MR) is 79.9 cm³/mol. The number of amides is 1. The molecule has 1 aliphatic carbocycles. The highest BCUT2D eigenvalue weighted by molar-refractivity contribution is 5.85. The van der Waals surface area contributed by atoms with Gasteiger partial charge in [0.2, 0.25) is 5.91 Å². The van der Waals surface area contributed by atoms with Gasteiger partial charge < -0.3 is 15.6 Å². The number of hydrogen-bond donors (Lipinski definition) is 2. The first-order chi connectivity index (χ1) is 9.08. The van der Waals surface area contributed by atoms with Crippen LogP contribution in [0, 0.1) is 19.8 Å². The summed E-state index contributed by atoms with van der Waals surface area (Å²) < 4.78 is 5.10. The van der Waals surface area contributed by atoms with Crippen LogP contribution in [0.4, 0.5) is 0 Å². The molecular weight excluding hydrogens is 278 g/mol. The molecule has 6 heteroatoms. The van der Waals surface area contributed by atoms with Gasteiger partial charge in [-0.1, -0.05) is 11.6 Å². The van der Waals surface area contributed by atoms with Gasteiger partial charge in [-0.2, -0.15) is 0 Å². The number of nitrogens with two attached hydrogens (primary N) is 1. The molecule has 0 saturated heterocycles. The van der Waals surface area contributed by atoms with Crippen molar-refractivity contribution in [3.63, 3.8) is 0 Å². The van der Waals surface area contributed by atoms with E-state index in [1.165, 1.54) is 0 Å². The maximum absolute atomic E-state index is 11.8. The Labute approximate surface area is 126 Å². The second-order valence-electron chi connectivity index (χ2n) is 5.46. The molecule has 2 atom stereocenters. The standard InChI is InChI=1S/C14H23N3O2.ClH/c1-9-12(10(2)19-17-9)6-7-16-14(18)8-11-4-3-5-13(11)15;/h11,13H,3-8,15H2,1-2H3,(H,16,18);1H/t11-,13+;/m0./s1. The summed E-state index contributed by atoms with van der Waals surface area (Å²) >= 11 is 0. The molecule has 0 unspecified atom stereocenters. The third-order valence-corrected chi connectivity index (χ3v) is 4.04. The maximum atomic E-state index is 11.8. The van der Waals surface area contributed by atoms with Gasteiger partial charge in [0.25, 0.3) is 0 Å². The van der Waals surface area contributed by atoms with Crippen LogP contribution in [0.25, 0.3) is 0 Å². The van der Waals surface area contributed by atoms with Gasteiger partial charge >= 0.3 is 0 Å². The lowest BCUT2D eigenvalue weighted by molar-refractivity contribution is -0.122. The zero-order valence-electron chi connectivity index (χ0n) is 12.1. The molecule has 0 aliphatic heterocycles. The molecule has 1 fully saturated rings. The lowest BCUT2D eigenvalue weighted by Crippen LogP contribution is -2.32. The molecule has 3 N–H and O–H groups in total. The minimum absolute atomic E-state index is 0. The molecule has 5 nitrogen and oxygen atoms in total. The molecular formula is C14H24ClN3O2. The summed E-state index contributed by atoms with van der Waals surface area (Å²) in [4.78, 5) is 11.8. The molecule has 114 valence electrons. The van der Waals surface area contributed by atoms with Gasteiger partial charge in [-0.3, -0.25) is 4.79 Å². The van der Waals surface area contributed by atoms with Gasteiger partial charge in [0.1, 0.15) is 5.76 Å². The van der Waals surface area contributed by atoms with E-state index in [-0.39, 0.29) is 24.4 Å². The number of carbonyl (C=O) groups is 1. The molecule has 1 saturated carbocycles. The highest BCUT2D eigenvalue weighted by Crippen LogP contribution is 2.26. The molecule has 1 amide bonds. The molecule has 0 spiro atoms. The van der Waals surface area contributed by atoms with Crippen molar-refractivity contribution in [3.05, 3.63) is 17.0 Å². The summed E-state index contributed by atoms with van der Waals surface area (Å²) in [6, 6.07) is 0.202. The molecule has 1 aliphatic rings. The monoisotopic (exact) mass is 301 g/mol. The zero-order valence-corrected chi connectivity index (χ0v) is 13.0. The van der Waals surface area contributed by atoms with Crippen molar-refractivity contribution in [2.45, 2.75) is 52.0 Å². The van der Waals surface area contributed by atoms with Crippen LogP contribution in [-0.4, -0.2) is 23.7 Å². The molecule has 0 bridgehead atoms. The highest BCUT2D eigenvalue weighted by Gasteiger charge is 2.25. The zero-order chi connectivity index (χ0) is 13.8. The van der Waals surface area contributed by atoms with Gasteiger partial charge in [-0.05, 0) is 39.0 Å². The molecule has 0 radical (unpaired) electrons. The van der Waals surface area contributed by atoms with Gasteiger partial charge in [0.05, 0.1) is 5.69 Å². The Hall–Kier alpha value is -1.07. The van der Waals surface area contributed by atoms with E-state index in [4.69, 9.17) is 10.3 Å². The van der Waals surface area contributed by atoms with Gasteiger partial charge in [0, 0.05) is 24.6 Å². The van der Waals surface area contributed by atoms with E-state index in [9.17, 15) is 4.79 Å². The number of carbonyl (C=O) groups excluding carboxylic acids is 1. The Balaban J connectivity index is 0.00000200. The number of hydrogen-bond acceptors (Lipinski definition) is 4. The summed E-state index contributed by atoms with van der Waals surface area (Å²) in [5.74, 6) is 1.30. The third-order valence-electron chi connectivity index (χ3n) is 4.04. The predicted octanol–water partition coefficient (Wildman–Crippen LogP) is 1.89. The first kappa shape index (κ1) is 17.0. The third kappa shape index (κ3) is 4.21. The van der Waals surface area contributed by atoms with E-state index < -0.39 is 0 Å². The normalized spacial score (nSPS) is 21.6. The largest absolute Gasteiger partial charge is 0.361 e. The number of nitrogens with one attached hydrogen (secondary N) is 1. The summed E-state index contributed by atoms with van der Waals surface area (Å²) in [6.07, 6.45) is 4.61. The summed E-state index contributed by atoms with van der Waals surface area (Å²) in [6.45, 7) is 4.45. The first-order valence-electron chi connectivity index (χ1n) is 7.02. The van der Waals surface area contributed by atoms with Crippen molar-refractivity contribution in [1.82, 2.24) is 10.5 Å². The van der Waals surface area contributed by atoms with Crippen LogP contribution in [0.15, 0.2) is 4.52 Å². The first-order valence-corrected chi connectivity index (χ1v) is 7.02. The minimum Gasteiger partial charge on any atom is -0.361 e. The Morgan fingerprint density at radius 2 is 2.20 bits per heavy atom. The van der Waals surface area contributed by atoms with E-state index in [1.807, 2.05) is 13.8 Å². The van der Waals surface area contributed by atoms with E-state index >= 15 is 0 Å². The van der Waals surface area contributed by atoms with Gasteiger partial charge in [-0.15, -0.1) is 12.4 Å². The quantitative estimate of drug-likeness (QED) is 0.870. The Morgan fingerprint density at radius 3 is 2.75 bits per heavy atom. The van der Waals surface area contributed by atoms with Crippen molar-refractivity contribution in [3.8, 4) is 0 Å². The van der Waals surface area contributed by atoms with Crippen molar-refractivity contribution in [1.29, 1.82) is 0 Å². The highest BCUT2D eigenvalue weighted by atomic mass is 35.5. The van der Waals surface area contributed by atoms with Crippen LogP contribution in [-0.2, 0) is 11.2 Å². The van der Waals surface area contributed by atoms with Crippen LogP contribution < -0.4 is 11.1 Å². The number of rotatable bonds is 5. The molecule has 1 aromatic rings. The number of aryl methyl sites for hydroxylation is 2. The number of halogens is 1. The molecule has 1 aromatic heterocycles. The number of aromatic nitrogens is 1. The van der Waals surface area contributed by atoms with Crippen molar-refractivity contribution < 1.29 is 9.32 Å². The van der Waals surface area contributed by atoms with Crippen LogP contribution >= 0.6 is 12.4 Å². The Bertz CT molecular complexity index is 428. The smallest absolute Gasteiger partial charge is 0.220 e. The molecule has 0 aromatic carbocycles. The van der Waals surface area contributed by atoms with Crippen LogP contribution in [0.2, 0.25) is 0 Å². The van der Waals surface area contributed by atoms with E-state index in [0.717, 1.165) is 42.7 Å². The van der Waals surface area contributed by atoms with E-state index in [1.54, 1.807) is 0 Å².